The predicted molar refractivity (Wildman–Crippen MR) is 92.0 cm³/mol. The van der Waals surface area contributed by atoms with Gasteiger partial charge in [-0.2, -0.15) is 0 Å². The van der Waals surface area contributed by atoms with E-state index in [0.29, 0.717) is 15.7 Å². The predicted octanol–water partition coefficient (Wildman–Crippen LogP) is 4.12. The van der Waals surface area contributed by atoms with Crippen molar-refractivity contribution in [1.29, 1.82) is 0 Å². The fraction of sp³-hybridized carbons (Fsp3) is 0.176. The van der Waals surface area contributed by atoms with Gasteiger partial charge in [0.25, 0.3) is 0 Å². The number of para-hydroxylation sites is 1. The van der Waals surface area contributed by atoms with Gasteiger partial charge >= 0.3 is 0 Å². The number of halogens is 3. The highest BCUT2D eigenvalue weighted by Crippen LogP contribution is 2.31. The van der Waals surface area contributed by atoms with Crippen LogP contribution in [0.25, 0.3) is 0 Å². The number of carbonyl (C=O) groups is 2. The Hall–Kier alpha value is -2.11. The molecular weight excluding hydrogens is 354 g/mol. The first-order valence-corrected chi connectivity index (χ1v) is 8.02. The third-order valence-electron chi connectivity index (χ3n) is 3.83. The average Bonchev–Trinajstić information content (AvgIpc) is 2.93. The van der Waals surface area contributed by atoms with Gasteiger partial charge in [0.05, 0.1) is 22.3 Å². The van der Waals surface area contributed by atoms with Crippen LogP contribution in [-0.2, 0) is 9.59 Å². The highest BCUT2D eigenvalue weighted by Gasteiger charge is 2.36. The van der Waals surface area contributed by atoms with Crippen LogP contribution in [0.1, 0.15) is 6.42 Å². The number of nitrogens with zero attached hydrogens (tertiary/aromatic N) is 1. The minimum absolute atomic E-state index is 0.00357. The summed E-state index contributed by atoms with van der Waals surface area (Å²) in [5.41, 5.74) is 0.560. The molecule has 1 N–H and O–H groups in total. The second kappa shape index (κ2) is 6.79. The lowest BCUT2D eigenvalue weighted by molar-refractivity contribution is -0.122. The molecule has 0 aromatic heterocycles. The second-order valence-corrected chi connectivity index (χ2v) is 6.31. The number of hydrogen-bond donors (Lipinski definition) is 1. The smallest absolute Gasteiger partial charge is 0.229 e. The first kappa shape index (κ1) is 16.7. The van der Waals surface area contributed by atoms with Crippen molar-refractivity contribution in [3.8, 4) is 0 Å². The van der Waals surface area contributed by atoms with Gasteiger partial charge in [-0.3, -0.25) is 9.59 Å². The molecule has 2 aromatic carbocycles. The molecule has 0 bridgehead atoms. The number of carbonyl (C=O) groups excluding carboxylic acids is 2. The van der Waals surface area contributed by atoms with Crippen LogP contribution in [0.5, 0.6) is 0 Å². The first-order chi connectivity index (χ1) is 11.5. The number of benzene rings is 2. The van der Waals surface area contributed by atoms with Crippen molar-refractivity contribution in [1.82, 2.24) is 0 Å². The molecule has 24 heavy (non-hydrogen) atoms. The van der Waals surface area contributed by atoms with E-state index in [1.807, 2.05) is 0 Å². The lowest BCUT2D eigenvalue weighted by atomic mass is 10.1. The quantitative estimate of drug-likeness (QED) is 0.887. The third kappa shape index (κ3) is 3.37. The molecule has 0 saturated carbocycles. The van der Waals surface area contributed by atoms with Crippen molar-refractivity contribution in [2.45, 2.75) is 6.42 Å². The van der Waals surface area contributed by atoms with Crippen molar-refractivity contribution >= 4 is 46.4 Å². The van der Waals surface area contributed by atoms with Crippen LogP contribution in [0.15, 0.2) is 42.5 Å². The Morgan fingerprint density at radius 2 is 1.96 bits per heavy atom. The molecule has 4 nitrogen and oxygen atoms in total. The summed E-state index contributed by atoms with van der Waals surface area (Å²) in [7, 11) is 0. The Morgan fingerprint density at radius 1 is 1.21 bits per heavy atom. The largest absolute Gasteiger partial charge is 0.323 e. The fourth-order valence-electron chi connectivity index (χ4n) is 2.61. The summed E-state index contributed by atoms with van der Waals surface area (Å²) < 4.78 is 13.7. The molecular formula is C17H13Cl2FN2O2. The Labute approximate surface area is 148 Å². The monoisotopic (exact) mass is 366 g/mol. The molecule has 124 valence electrons. The highest BCUT2D eigenvalue weighted by atomic mass is 35.5. The number of amides is 2. The number of hydrogen-bond acceptors (Lipinski definition) is 2. The van der Waals surface area contributed by atoms with E-state index in [1.165, 1.54) is 23.1 Å². The summed E-state index contributed by atoms with van der Waals surface area (Å²) in [6.07, 6.45) is 0.0409. The lowest BCUT2D eigenvalue weighted by Crippen LogP contribution is -2.28. The van der Waals surface area contributed by atoms with E-state index in [4.69, 9.17) is 23.2 Å². The molecule has 1 unspecified atom stereocenters. The van der Waals surface area contributed by atoms with Gasteiger partial charge in [0, 0.05) is 18.0 Å². The zero-order valence-electron chi connectivity index (χ0n) is 12.4. The summed E-state index contributed by atoms with van der Waals surface area (Å²) in [5.74, 6) is -1.80. The minimum atomic E-state index is -0.591. The Kier molecular flexibility index (Phi) is 4.73. The normalized spacial score (nSPS) is 17.2. The van der Waals surface area contributed by atoms with E-state index < -0.39 is 17.6 Å². The van der Waals surface area contributed by atoms with Crippen LogP contribution in [-0.4, -0.2) is 18.4 Å². The fourth-order valence-corrected chi connectivity index (χ4v) is 3.02. The van der Waals surface area contributed by atoms with Crippen molar-refractivity contribution < 1.29 is 14.0 Å². The summed E-state index contributed by atoms with van der Waals surface area (Å²) in [6, 6.07) is 10.8. The standard InChI is InChI=1S/C17H13Cl2FN2O2/c18-11-5-6-13(20)14(8-11)21-17(24)10-7-16(23)22(9-10)15-4-2-1-3-12(15)19/h1-6,8,10H,7,9H2,(H,21,24). The number of rotatable bonds is 3. The van der Waals surface area contributed by atoms with Gasteiger partial charge in [0.2, 0.25) is 11.8 Å². The Balaban J connectivity index is 1.75. The van der Waals surface area contributed by atoms with Gasteiger partial charge in [0.1, 0.15) is 5.82 Å². The van der Waals surface area contributed by atoms with Gasteiger partial charge in [-0.15, -0.1) is 0 Å². The molecule has 0 spiro atoms. The van der Waals surface area contributed by atoms with Gasteiger partial charge in [-0.05, 0) is 30.3 Å². The molecule has 1 heterocycles. The van der Waals surface area contributed by atoms with E-state index in [9.17, 15) is 14.0 Å². The molecule has 2 amide bonds. The van der Waals surface area contributed by atoms with Crippen LogP contribution >= 0.6 is 23.2 Å². The topological polar surface area (TPSA) is 49.4 Å². The van der Waals surface area contributed by atoms with Crippen LogP contribution in [0, 0.1) is 11.7 Å². The first-order valence-electron chi connectivity index (χ1n) is 7.26. The Bertz CT molecular complexity index is 813. The van der Waals surface area contributed by atoms with Gasteiger partial charge in [-0.1, -0.05) is 35.3 Å². The maximum atomic E-state index is 13.7. The van der Waals surface area contributed by atoms with E-state index in [2.05, 4.69) is 5.32 Å². The molecule has 0 radical (unpaired) electrons. The molecule has 1 atom stereocenters. The minimum Gasteiger partial charge on any atom is -0.323 e. The van der Waals surface area contributed by atoms with Gasteiger partial charge in [-0.25, -0.2) is 4.39 Å². The zero-order chi connectivity index (χ0) is 17.3. The third-order valence-corrected chi connectivity index (χ3v) is 4.38. The average molecular weight is 367 g/mol. The molecule has 1 saturated heterocycles. The van der Waals surface area contributed by atoms with Gasteiger partial charge in [0.15, 0.2) is 0 Å². The highest BCUT2D eigenvalue weighted by molar-refractivity contribution is 6.34. The molecule has 7 heteroatoms. The molecule has 1 aliphatic rings. The Morgan fingerprint density at radius 3 is 2.71 bits per heavy atom. The van der Waals surface area contributed by atoms with Crippen molar-refractivity contribution in [3.05, 3.63) is 58.3 Å². The lowest BCUT2D eigenvalue weighted by Gasteiger charge is -2.18. The zero-order valence-corrected chi connectivity index (χ0v) is 13.9. The van der Waals surface area contributed by atoms with E-state index >= 15 is 0 Å². The molecule has 3 rings (SSSR count). The summed E-state index contributed by atoms with van der Waals surface area (Å²) in [4.78, 5) is 26.0. The second-order valence-electron chi connectivity index (χ2n) is 5.47. The summed E-state index contributed by atoms with van der Waals surface area (Å²) >= 11 is 11.9. The van der Waals surface area contributed by atoms with E-state index in [0.717, 1.165) is 0 Å². The van der Waals surface area contributed by atoms with E-state index in [-0.39, 0.29) is 24.6 Å². The van der Waals surface area contributed by atoms with E-state index in [1.54, 1.807) is 24.3 Å². The van der Waals surface area contributed by atoms with Crippen LogP contribution in [0.2, 0.25) is 10.0 Å². The molecule has 1 aliphatic heterocycles. The van der Waals surface area contributed by atoms with Crippen LogP contribution in [0.4, 0.5) is 15.8 Å². The maximum absolute atomic E-state index is 13.7. The number of nitrogens with one attached hydrogen (secondary N) is 1. The van der Waals surface area contributed by atoms with Crippen molar-refractivity contribution in [2.24, 2.45) is 5.92 Å². The van der Waals surface area contributed by atoms with Crippen LogP contribution < -0.4 is 10.2 Å². The number of anilines is 2. The molecule has 1 fully saturated rings. The van der Waals surface area contributed by atoms with Crippen molar-refractivity contribution in [3.63, 3.8) is 0 Å². The molecule has 2 aromatic rings. The summed E-state index contributed by atoms with van der Waals surface area (Å²) in [5, 5.41) is 3.24. The van der Waals surface area contributed by atoms with Crippen molar-refractivity contribution in [2.75, 3.05) is 16.8 Å². The molecule has 0 aliphatic carbocycles. The SMILES string of the molecule is O=C(Nc1cc(Cl)ccc1F)C1CC(=O)N(c2ccccc2Cl)C1. The maximum Gasteiger partial charge on any atom is 0.229 e. The van der Waals surface area contributed by atoms with Crippen LogP contribution in [0.3, 0.4) is 0 Å². The summed E-state index contributed by atoms with van der Waals surface area (Å²) in [6.45, 7) is 0.191. The van der Waals surface area contributed by atoms with Gasteiger partial charge < -0.3 is 10.2 Å².